The number of nitrogens with zero attached hydrogens (tertiary/aromatic N) is 4. The molecule has 3 aromatic rings. The Morgan fingerprint density at radius 2 is 1.88 bits per heavy atom. The average molecular weight is 577 g/mol. The van der Waals surface area contributed by atoms with E-state index in [1.54, 1.807) is 0 Å². The molecule has 5 rings (SSSR count). The van der Waals surface area contributed by atoms with Gasteiger partial charge < -0.3 is 19.5 Å². The van der Waals surface area contributed by atoms with Gasteiger partial charge in [-0.05, 0) is 74.4 Å². The fourth-order valence-electron chi connectivity index (χ4n) is 6.84. The maximum absolute atomic E-state index is 12.4. The van der Waals surface area contributed by atoms with E-state index in [1.807, 2.05) is 71.3 Å². The Labute approximate surface area is 244 Å². The normalized spacial score (nSPS) is 24.1. The molecule has 2 aromatic carbocycles. The highest BCUT2D eigenvalue weighted by Crippen LogP contribution is 2.45. The molecule has 5 atom stereocenters. The number of rotatable bonds is 11. The summed E-state index contributed by atoms with van der Waals surface area (Å²) < 4.78 is 8.51. The van der Waals surface area contributed by atoms with Crippen molar-refractivity contribution in [3.05, 3.63) is 77.6 Å². The molecule has 2 N–H and O–H groups in total. The molecule has 3 heterocycles. The summed E-state index contributed by atoms with van der Waals surface area (Å²) in [7, 11) is -2.49. The van der Waals surface area contributed by atoms with Gasteiger partial charge in [0.1, 0.15) is 0 Å². The Hall–Kier alpha value is -2.85. The Bertz CT molecular complexity index is 1290. The number of aliphatic hydroxyl groups is 1. The number of hydrogen-bond acceptors (Lipinski definition) is 6. The van der Waals surface area contributed by atoms with E-state index >= 15 is 0 Å². The monoisotopic (exact) mass is 576 g/mol. The quantitative estimate of drug-likeness (QED) is 0.315. The van der Waals surface area contributed by atoms with Crippen LogP contribution in [0.5, 0.6) is 0 Å². The van der Waals surface area contributed by atoms with Crippen LogP contribution < -0.4 is 4.90 Å². The van der Waals surface area contributed by atoms with Gasteiger partial charge in [-0.25, -0.2) is 0 Å². The largest absolute Gasteiger partial charge is 0.432 e. The van der Waals surface area contributed by atoms with Gasteiger partial charge in [-0.3, -0.25) is 9.48 Å². The molecule has 2 aliphatic heterocycles. The zero-order valence-electron chi connectivity index (χ0n) is 24.5. The molecule has 0 aliphatic carbocycles. The van der Waals surface area contributed by atoms with Crippen molar-refractivity contribution in [2.45, 2.75) is 88.8 Å². The lowest BCUT2D eigenvalue weighted by Gasteiger charge is -2.30. The SMILES string of the molecule is C[C@H]1[C@H]([Si](C)(C)O)[C@@H](CCn2cc(C(CO)c3ccccc3)nn2)O[C@H]1CCc1cccc(N2CCCCC2=O)c1. The number of anilines is 1. The van der Waals surface area contributed by atoms with Gasteiger partial charge >= 0.3 is 0 Å². The number of aliphatic hydroxyl groups excluding tert-OH is 1. The van der Waals surface area contributed by atoms with Crippen LogP contribution in [0.2, 0.25) is 18.6 Å². The zero-order valence-corrected chi connectivity index (χ0v) is 25.5. The number of aryl methyl sites for hydroxylation is 2. The highest BCUT2D eigenvalue weighted by molar-refractivity contribution is 6.71. The number of aromatic nitrogens is 3. The van der Waals surface area contributed by atoms with Crippen LogP contribution in [0.15, 0.2) is 60.8 Å². The maximum Gasteiger partial charge on any atom is 0.226 e. The van der Waals surface area contributed by atoms with Gasteiger partial charge in [0.05, 0.1) is 30.4 Å². The van der Waals surface area contributed by atoms with Crippen LogP contribution in [0.3, 0.4) is 0 Å². The molecule has 0 bridgehead atoms. The van der Waals surface area contributed by atoms with E-state index < -0.39 is 8.32 Å². The lowest BCUT2D eigenvalue weighted by atomic mass is 9.95. The highest BCUT2D eigenvalue weighted by Gasteiger charge is 2.49. The fraction of sp³-hybridized carbons (Fsp3) is 0.531. The molecule has 1 amide bonds. The number of hydrogen-bond donors (Lipinski definition) is 2. The van der Waals surface area contributed by atoms with Crippen molar-refractivity contribution in [3.63, 3.8) is 0 Å². The summed E-state index contributed by atoms with van der Waals surface area (Å²) in [5.41, 5.74) is 4.10. The average Bonchev–Trinajstić information content (AvgIpc) is 3.56. The van der Waals surface area contributed by atoms with Gasteiger partial charge in [0.25, 0.3) is 0 Å². The summed E-state index contributed by atoms with van der Waals surface area (Å²) in [6.07, 6.45) is 7.08. The number of carbonyl (C=O) groups is 1. The van der Waals surface area contributed by atoms with Crippen LogP contribution in [-0.4, -0.2) is 64.5 Å². The molecule has 0 radical (unpaired) electrons. The molecule has 8 nitrogen and oxygen atoms in total. The number of piperidine rings is 1. The predicted molar refractivity (Wildman–Crippen MR) is 162 cm³/mol. The first-order valence-electron chi connectivity index (χ1n) is 15.1. The Kier molecular flexibility index (Phi) is 9.38. The van der Waals surface area contributed by atoms with Gasteiger partial charge in [0.15, 0.2) is 8.32 Å². The van der Waals surface area contributed by atoms with Crippen LogP contribution in [-0.2, 0) is 22.5 Å². The van der Waals surface area contributed by atoms with Gasteiger partial charge in [-0.15, -0.1) is 5.10 Å². The molecule has 220 valence electrons. The third-order valence-electron chi connectivity index (χ3n) is 8.92. The maximum atomic E-state index is 12.4. The number of ether oxygens (including phenoxy) is 1. The van der Waals surface area contributed by atoms with Crippen molar-refractivity contribution >= 4 is 19.9 Å². The molecule has 9 heteroatoms. The second kappa shape index (κ2) is 13.0. The fourth-order valence-corrected chi connectivity index (χ4v) is 9.50. The van der Waals surface area contributed by atoms with E-state index in [1.165, 1.54) is 5.56 Å². The summed E-state index contributed by atoms with van der Waals surface area (Å²) in [6, 6.07) is 18.2. The Balaban J connectivity index is 1.22. The number of amides is 1. The first-order chi connectivity index (χ1) is 19.7. The first kappa shape index (κ1) is 29.6. The van der Waals surface area contributed by atoms with Crippen molar-refractivity contribution < 1.29 is 19.4 Å². The number of carbonyl (C=O) groups excluding carboxylic acids is 1. The predicted octanol–water partition coefficient (Wildman–Crippen LogP) is 4.91. The number of benzene rings is 2. The summed E-state index contributed by atoms with van der Waals surface area (Å²) in [4.78, 5) is 25.6. The van der Waals surface area contributed by atoms with Crippen LogP contribution in [0.1, 0.15) is 61.8 Å². The lowest BCUT2D eigenvalue weighted by molar-refractivity contribution is -0.119. The van der Waals surface area contributed by atoms with E-state index in [-0.39, 0.29) is 42.1 Å². The summed E-state index contributed by atoms with van der Waals surface area (Å²) >= 11 is 0. The van der Waals surface area contributed by atoms with Gasteiger partial charge in [0, 0.05) is 36.9 Å². The van der Waals surface area contributed by atoms with E-state index in [0.717, 1.165) is 55.6 Å². The van der Waals surface area contributed by atoms with E-state index in [0.29, 0.717) is 13.0 Å². The lowest BCUT2D eigenvalue weighted by Crippen LogP contribution is -2.40. The van der Waals surface area contributed by atoms with Crippen LogP contribution in [0, 0.1) is 5.92 Å². The van der Waals surface area contributed by atoms with E-state index in [9.17, 15) is 14.7 Å². The topological polar surface area (TPSA) is 101 Å². The molecule has 2 fully saturated rings. The minimum Gasteiger partial charge on any atom is -0.432 e. The third-order valence-corrected chi connectivity index (χ3v) is 11.5. The molecule has 2 saturated heterocycles. The van der Waals surface area contributed by atoms with Gasteiger partial charge in [-0.2, -0.15) is 0 Å². The Morgan fingerprint density at radius 3 is 2.61 bits per heavy atom. The minimum atomic E-state index is -2.49. The van der Waals surface area contributed by atoms with E-state index in [2.05, 4.69) is 29.4 Å². The minimum absolute atomic E-state index is 0.0305. The molecular formula is C32H44N4O4Si. The van der Waals surface area contributed by atoms with Gasteiger partial charge in [-0.1, -0.05) is 54.6 Å². The second-order valence-electron chi connectivity index (χ2n) is 12.3. The van der Waals surface area contributed by atoms with Crippen molar-refractivity contribution in [3.8, 4) is 0 Å². The van der Waals surface area contributed by atoms with E-state index in [4.69, 9.17) is 4.74 Å². The van der Waals surface area contributed by atoms with Crippen LogP contribution >= 0.6 is 0 Å². The summed E-state index contributed by atoms with van der Waals surface area (Å²) in [6.45, 7) is 7.66. The Morgan fingerprint density at radius 1 is 1.07 bits per heavy atom. The molecule has 1 aromatic heterocycles. The van der Waals surface area contributed by atoms with Crippen molar-refractivity contribution in [2.75, 3.05) is 18.1 Å². The third kappa shape index (κ3) is 6.97. The van der Waals surface area contributed by atoms with Crippen molar-refractivity contribution in [1.82, 2.24) is 15.0 Å². The van der Waals surface area contributed by atoms with Gasteiger partial charge in [0.2, 0.25) is 5.91 Å². The smallest absolute Gasteiger partial charge is 0.226 e. The first-order valence-corrected chi connectivity index (χ1v) is 18.1. The van der Waals surface area contributed by atoms with Crippen LogP contribution in [0.4, 0.5) is 5.69 Å². The second-order valence-corrected chi connectivity index (χ2v) is 16.3. The molecule has 0 spiro atoms. The molecule has 0 saturated carbocycles. The molecule has 2 aliphatic rings. The summed E-state index contributed by atoms with van der Waals surface area (Å²) in [5.74, 6) is 0.259. The standard InChI is InChI=1S/C32H44N4O4Si/c1-23-29(16-15-24-10-9-13-26(20-24)36-18-8-7-14-31(36)38)40-30(32(23)41(2,3)39)17-19-35-21-28(33-34-35)27(22-37)25-11-5-4-6-12-25/h4-6,9-13,20-21,23,27,29-30,32,37,39H,7-8,14-19,22H2,1-3H3/t23-,27?,29+,30-,32+/m1/s1. The molecule has 41 heavy (non-hydrogen) atoms. The summed E-state index contributed by atoms with van der Waals surface area (Å²) in [5, 5.41) is 18.7. The van der Waals surface area contributed by atoms with Crippen molar-refractivity contribution in [1.29, 1.82) is 0 Å². The molecular weight excluding hydrogens is 532 g/mol. The van der Waals surface area contributed by atoms with Crippen LogP contribution in [0.25, 0.3) is 0 Å². The highest BCUT2D eigenvalue weighted by atomic mass is 28.4. The van der Waals surface area contributed by atoms with Crippen molar-refractivity contribution in [2.24, 2.45) is 5.92 Å². The zero-order chi connectivity index (χ0) is 29.0. The molecule has 1 unspecified atom stereocenters.